The normalized spacial score (nSPS) is 11.9. The second-order valence-corrected chi connectivity index (χ2v) is 22.3. The standard InChI is InChI=1S/18CN.7Fe.H2O/c18*1-2;;;;;;;;/h;;;;;;;;;;;;;;;;;;;;;;;;;1H2/q;;;;;;;;;;;;;;;;;;3*-4;4*+3;. The molecule has 0 aliphatic heterocycles. The Labute approximate surface area is 287 Å². The quantitative estimate of drug-likeness (QED) is 0.276. The van der Waals surface area contributed by atoms with E-state index in [1.165, 1.54) is 0 Å². The average Bonchev–Trinajstić information content (AvgIpc) is 3.06. The second-order valence-electron chi connectivity index (χ2n) is 5.40. The molecular weight excluding hydrogens is 875 g/mol. The van der Waals surface area contributed by atoms with Crippen LogP contribution < -0.4 is 0 Å². The van der Waals surface area contributed by atoms with Gasteiger partial charge in [-0.2, -0.15) is 0 Å². The first kappa shape index (κ1) is 58.1. The molecule has 0 atom stereocenters. The van der Waals surface area contributed by atoms with Gasteiger partial charge in [-0.15, -0.1) is 0 Å². The molecule has 0 bridgehead atoms. The third-order valence-corrected chi connectivity index (χ3v) is 14.7. The van der Waals surface area contributed by atoms with Crippen molar-refractivity contribution in [1.82, 2.24) is 0 Å². The van der Waals surface area contributed by atoms with Gasteiger partial charge in [0.25, 0.3) is 0 Å². The third-order valence-electron chi connectivity index (χ3n) is 3.56. The summed E-state index contributed by atoms with van der Waals surface area (Å²) in [4.78, 5) is 18.6. The van der Waals surface area contributed by atoms with Crippen LogP contribution in [0.1, 0.15) is 0 Å². The van der Waals surface area contributed by atoms with Gasteiger partial charge < -0.3 is 5.48 Å². The molecule has 0 rings (SSSR count). The van der Waals surface area contributed by atoms with Crippen LogP contribution in [0.25, 0.3) is 0 Å². The molecule has 0 aromatic heterocycles. The summed E-state index contributed by atoms with van der Waals surface area (Å²) in [7, 11) is -18.5. The van der Waals surface area contributed by atoms with Crippen molar-refractivity contribution >= 4 is 0 Å². The molecular formula is C18H2Fe7N18O. The van der Waals surface area contributed by atoms with Gasteiger partial charge in [0.1, 0.15) is 0 Å². The molecule has 4 radical (unpaired) electrons. The average molecular weight is 877 g/mol. The Bertz CT molecular complexity index is 1420. The second kappa shape index (κ2) is 15.1. The van der Waals surface area contributed by atoms with E-state index in [4.69, 9.17) is 94.7 Å². The fourth-order valence-corrected chi connectivity index (χ4v) is 3.28. The zero-order valence-corrected chi connectivity index (χ0v) is 27.8. The van der Waals surface area contributed by atoms with Gasteiger partial charge in [-0.1, -0.05) is 0 Å². The first-order chi connectivity index (χ1) is 17.9. The van der Waals surface area contributed by atoms with Gasteiger partial charge >= 0.3 is 285 Å². The maximum Gasteiger partial charge on any atom is 3.00 e. The van der Waals surface area contributed by atoms with Gasteiger partial charge in [-0.3, -0.25) is 0 Å². The molecule has 226 valence electrons. The van der Waals surface area contributed by atoms with Crippen LogP contribution in [-0.4, -0.2) is 5.48 Å². The van der Waals surface area contributed by atoms with E-state index in [1.54, 1.807) is 0 Å². The van der Waals surface area contributed by atoms with E-state index < -0.39 is 32.2 Å². The molecule has 0 aromatic carbocycles. The first-order valence-corrected chi connectivity index (χ1v) is 17.1. The van der Waals surface area contributed by atoms with Crippen molar-refractivity contribution in [2.75, 3.05) is 0 Å². The topological polar surface area (TPSA) is 460 Å². The number of rotatable bonds is 0. The van der Waals surface area contributed by atoms with Crippen LogP contribution in [0.4, 0.5) is 0 Å². The molecule has 2 N–H and O–H groups in total. The summed E-state index contributed by atoms with van der Waals surface area (Å²) in [5.41, 5.74) is 0. The van der Waals surface area contributed by atoms with Crippen molar-refractivity contribution in [1.29, 1.82) is 94.7 Å². The maximum absolute atomic E-state index is 8.58. The third kappa shape index (κ3) is 6.41. The molecule has 0 spiro atoms. The Balaban J connectivity index is -0.0000000697. The van der Waals surface area contributed by atoms with E-state index in [0.717, 1.165) is 89.4 Å². The summed E-state index contributed by atoms with van der Waals surface area (Å²) in [6.07, 6.45) is 0. The van der Waals surface area contributed by atoms with Gasteiger partial charge in [0.15, 0.2) is 0 Å². The Hall–Kier alpha value is -5.58. The summed E-state index contributed by atoms with van der Waals surface area (Å²) in [6, 6.07) is 0. The van der Waals surface area contributed by atoms with Crippen molar-refractivity contribution in [3.63, 3.8) is 0 Å². The van der Waals surface area contributed by atoms with Gasteiger partial charge in [0.2, 0.25) is 0 Å². The van der Waals surface area contributed by atoms with Crippen LogP contribution in [0.5, 0.6) is 0 Å². The van der Waals surface area contributed by atoms with E-state index >= 15 is 0 Å². The SMILES string of the molecule is N#[C][Fe-4]([C]#N)([C]#N)([C]#N)([C]#N)[C]#N.N#[C][Fe-4]([C]#N)([C]#N)([C]#N)([C]#N)[C]#N.N#[C][Fe-4]([C]#N)([C]#N)([C]#N)([C]#N)[C]#N.O.[Fe+3].[Fe+3].[Fe+3].[Fe+3]. The minimum absolute atomic E-state index is 0. The fourth-order valence-electron chi connectivity index (χ4n) is 0.795. The Kier molecular flexibility index (Phi) is 19.9. The molecule has 0 amide bonds. The van der Waals surface area contributed by atoms with Gasteiger partial charge in [-0.05, 0) is 0 Å². The van der Waals surface area contributed by atoms with Crippen molar-refractivity contribution in [2.45, 2.75) is 0 Å². The smallest absolute Gasteiger partial charge is 0.412 e. The Morgan fingerprint density at radius 1 is 0.182 bits per heavy atom. The number of hydrogen-bond donors (Lipinski definition) is 0. The molecule has 0 aromatic rings. The molecule has 26 heteroatoms. The molecule has 0 fully saturated rings. The molecule has 44 heavy (non-hydrogen) atoms. The summed E-state index contributed by atoms with van der Waals surface area (Å²) < 4.78 is 0. The first-order valence-electron chi connectivity index (χ1n) is 7.21. The van der Waals surface area contributed by atoms with Crippen LogP contribution >= 0.6 is 0 Å². The summed E-state index contributed by atoms with van der Waals surface area (Å²) in [6.45, 7) is 0. The van der Waals surface area contributed by atoms with Crippen molar-refractivity contribution in [2.24, 2.45) is 0 Å². The molecule has 0 unspecified atom stereocenters. The summed E-state index contributed by atoms with van der Waals surface area (Å²) in [5.74, 6) is 0. The van der Waals surface area contributed by atoms with Crippen LogP contribution in [0.3, 0.4) is 0 Å². The molecule has 0 saturated carbocycles. The van der Waals surface area contributed by atoms with E-state index in [2.05, 4.69) is 0 Å². The van der Waals surface area contributed by atoms with Crippen LogP contribution in [0.15, 0.2) is 0 Å². The zero-order valence-electron chi connectivity index (χ0n) is 20.0. The fraction of sp³-hybridized carbons (Fsp3) is 0. The molecule has 19 nitrogen and oxygen atoms in total. The summed E-state index contributed by atoms with van der Waals surface area (Å²) in [5, 5.41) is 154. The largest absolute Gasteiger partial charge is 3.00 e. The number of hydrogen-bond acceptors (Lipinski definition) is 18. The zero-order chi connectivity index (χ0) is 32.0. The Morgan fingerprint density at radius 3 is 0.227 bits per heavy atom. The predicted octanol–water partition coefficient (Wildman–Crippen LogP) is -0.540. The maximum atomic E-state index is 8.58. The molecule has 0 aliphatic rings. The van der Waals surface area contributed by atoms with E-state index in [9.17, 15) is 0 Å². The monoisotopic (exact) mass is 878 g/mol. The number of nitriles is 18. The molecule has 0 saturated heterocycles. The van der Waals surface area contributed by atoms with Gasteiger partial charge in [-0.25, -0.2) is 0 Å². The van der Waals surface area contributed by atoms with Crippen LogP contribution in [-0.2, 0) is 100 Å². The van der Waals surface area contributed by atoms with E-state index in [0.29, 0.717) is 0 Å². The van der Waals surface area contributed by atoms with Crippen LogP contribution in [0, 0.1) is 184 Å². The van der Waals surface area contributed by atoms with E-state index in [-0.39, 0.29) is 73.8 Å². The summed E-state index contributed by atoms with van der Waals surface area (Å²) >= 11 is 0. The minimum Gasteiger partial charge on any atom is -0.412 e. The van der Waals surface area contributed by atoms with Crippen molar-refractivity contribution in [3.8, 4) is 89.4 Å². The molecule has 0 heterocycles. The molecule has 0 aliphatic carbocycles. The van der Waals surface area contributed by atoms with Crippen LogP contribution in [0.2, 0.25) is 0 Å². The Morgan fingerprint density at radius 2 is 0.227 bits per heavy atom. The van der Waals surface area contributed by atoms with Crippen molar-refractivity contribution < 1.29 is 106 Å². The number of nitrogens with zero attached hydrogens (tertiary/aromatic N) is 18. The minimum atomic E-state index is -6.17. The van der Waals surface area contributed by atoms with Gasteiger partial charge in [0.05, 0.1) is 0 Å². The van der Waals surface area contributed by atoms with Gasteiger partial charge in [0, 0.05) is 0 Å². The van der Waals surface area contributed by atoms with Crippen molar-refractivity contribution in [3.05, 3.63) is 0 Å². The predicted molar refractivity (Wildman–Crippen MR) is 105 cm³/mol. The van der Waals surface area contributed by atoms with E-state index in [1.807, 2.05) is 0 Å².